The summed E-state index contributed by atoms with van der Waals surface area (Å²) in [4.78, 5) is 31.6. The number of ether oxygens (including phenoxy) is 2. The zero-order valence-electron chi connectivity index (χ0n) is 22.1. The Morgan fingerprint density at radius 3 is 2.45 bits per heavy atom. The molecule has 2 amide bonds. The van der Waals surface area contributed by atoms with Crippen LogP contribution in [0.5, 0.6) is 5.75 Å². The van der Waals surface area contributed by atoms with Gasteiger partial charge >= 0.3 is 0 Å². The van der Waals surface area contributed by atoms with Crippen LogP contribution in [0.15, 0.2) is 66.7 Å². The Balaban J connectivity index is 1.35. The lowest BCUT2D eigenvalue weighted by molar-refractivity contribution is -0.119. The predicted octanol–water partition coefficient (Wildman–Crippen LogP) is 4.67. The number of anilines is 4. The van der Waals surface area contributed by atoms with Crippen LogP contribution < -0.4 is 19.9 Å². The maximum Gasteiger partial charge on any atom is 0.253 e. The van der Waals surface area contributed by atoms with Gasteiger partial charge in [-0.25, -0.2) is 0 Å². The maximum atomic E-state index is 13.0. The van der Waals surface area contributed by atoms with Crippen molar-refractivity contribution in [2.45, 2.75) is 25.9 Å². The third-order valence-electron chi connectivity index (χ3n) is 7.24. The molecule has 0 radical (unpaired) electrons. The van der Waals surface area contributed by atoms with Crippen molar-refractivity contribution in [2.24, 2.45) is 0 Å². The van der Waals surface area contributed by atoms with Gasteiger partial charge in [0.25, 0.3) is 5.91 Å². The zero-order valence-corrected chi connectivity index (χ0v) is 22.1. The average Bonchev–Trinajstić information content (AvgIpc) is 3.24. The fraction of sp³-hybridized carbons (Fsp3) is 0.333. The molecule has 2 heterocycles. The maximum absolute atomic E-state index is 13.0. The van der Waals surface area contributed by atoms with Crippen molar-refractivity contribution in [1.29, 1.82) is 0 Å². The molecule has 1 N–H and O–H groups in total. The van der Waals surface area contributed by atoms with E-state index in [1.807, 2.05) is 79.5 Å². The van der Waals surface area contributed by atoms with Crippen molar-refractivity contribution in [2.75, 3.05) is 55.6 Å². The molecule has 8 heteroatoms. The SMILES string of the molecule is COc1ccc(CN2c3cc(Nc4ccc(C(=O)N5CCCOCC5)cc4)ccc3N(C)C(=O)C2C)cc1. The summed E-state index contributed by atoms with van der Waals surface area (Å²) >= 11 is 0. The molecule has 0 spiro atoms. The number of nitrogens with zero attached hydrogens (tertiary/aromatic N) is 3. The van der Waals surface area contributed by atoms with Crippen LogP contribution in [0, 0.1) is 0 Å². The van der Waals surface area contributed by atoms with Crippen LogP contribution in [0.2, 0.25) is 0 Å². The van der Waals surface area contributed by atoms with Gasteiger partial charge in [0.1, 0.15) is 11.8 Å². The second-order valence-corrected chi connectivity index (χ2v) is 9.71. The first-order valence-electron chi connectivity index (χ1n) is 13.0. The first-order chi connectivity index (χ1) is 18.4. The van der Waals surface area contributed by atoms with Gasteiger partial charge in [0.2, 0.25) is 5.91 Å². The van der Waals surface area contributed by atoms with Gasteiger partial charge in [-0.05, 0) is 73.5 Å². The van der Waals surface area contributed by atoms with Crippen LogP contribution in [0.3, 0.4) is 0 Å². The Bertz CT molecular complexity index is 1280. The molecule has 0 bridgehead atoms. The number of carbonyl (C=O) groups excluding carboxylic acids is 2. The molecular formula is C30H34N4O4. The number of likely N-dealkylation sites (N-methyl/N-ethyl adjacent to an activating group) is 1. The van der Waals surface area contributed by atoms with Crippen LogP contribution in [-0.2, 0) is 16.1 Å². The van der Waals surface area contributed by atoms with E-state index in [1.54, 1.807) is 12.0 Å². The summed E-state index contributed by atoms with van der Waals surface area (Å²) in [7, 11) is 3.47. The lowest BCUT2D eigenvalue weighted by Gasteiger charge is -2.40. The van der Waals surface area contributed by atoms with Crippen molar-refractivity contribution in [3.8, 4) is 5.75 Å². The van der Waals surface area contributed by atoms with Crippen molar-refractivity contribution < 1.29 is 19.1 Å². The molecule has 2 aliphatic heterocycles. The fourth-order valence-electron chi connectivity index (χ4n) is 5.00. The monoisotopic (exact) mass is 514 g/mol. The third-order valence-corrected chi connectivity index (χ3v) is 7.24. The van der Waals surface area contributed by atoms with Crippen LogP contribution in [0.25, 0.3) is 0 Å². The Labute approximate surface area is 223 Å². The Morgan fingerprint density at radius 2 is 1.71 bits per heavy atom. The Kier molecular flexibility index (Phi) is 7.51. The molecule has 1 saturated heterocycles. The van der Waals surface area contributed by atoms with Gasteiger partial charge in [-0.2, -0.15) is 0 Å². The minimum absolute atomic E-state index is 0.0340. The lowest BCUT2D eigenvalue weighted by atomic mass is 10.0. The summed E-state index contributed by atoms with van der Waals surface area (Å²) in [6.07, 6.45) is 0.860. The van der Waals surface area contributed by atoms with Crippen molar-refractivity contribution in [3.05, 3.63) is 77.9 Å². The summed E-state index contributed by atoms with van der Waals surface area (Å²) < 4.78 is 10.8. The second kappa shape index (κ2) is 11.1. The van der Waals surface area contributed by atoms with Crippen LogP contribution >= 0.6 is 0 Å². The van der Waals surface area contributed by atoms with Gasteiger partial charge in [-0.3, -0.25) is 9.59 Å². The number of benzene rings is 3. The normalized spacial score (nSPS) is 17.6. The number of carbonyl (C=O) groups is 2. The molecule has 38 heavy (non-hydrogen) atoms. The summed E-state index contributed by atoms with van der Waals surface area (Å²) in [6.45, 7) is 5.16. The van der Waals surface area contributed by atoms with Crippen molar-refractivity contribution in [3.63, 3.8) is 0 Å². The fourth-order valence-corrected chi connectivity index (χ4v) is 5.00. The molecule has 3 aromatic carbocycles. The van der Waals surface area contributed by atoms with Gasteiger partial charge in [-0.1, -0.05) is 12.1 Å². The zero-order chi connectivity index (χ0) is 26.6. The molecule has 1 fully saturated rings. The van der Waals surface area contributed by atoms with Gasteiger partial charge in [0, 0.05) is 50.2 Å². The summed E-state index contributed by atoms with van der Waals surface area (Å²) in [5.41, 5.74) is 5.40. The summed E-state index contributed by atoms with van der Waals surface area (Å²) in [5.74, 6) is 0.894. The quantitative estimate of drug-likeness (QED) is 0.515. The first kappa shape index (κ1) is 25.6. The van der Waals surface area contributed by atoms with E-state index in [9.17, 15) is 9.59 Å². The molecule has 0 aromatic heterocycles. The highest BCUT2D eigenvalue weighted by molar-refractivity contribution is 6.05. The third kappa shape index (κ3) is 5.31. The standard InChI is InChI=1S/C30H34N4O4/c1-21-29(35)32(2)27-14-11-25(19-28(27)34(21)20-22-5-12-26(37-3)13-6-22)31-24-9-7-23(8-10-24)30(36)33-15-4-17-38-18-16-33/h5-14,19,21,31H,4,15-18,20H2,1-3H3. The van der Waals surface area contributed by atoms with Crippen LogP contribution in [-0.4, -0.2) is 63.2 Å². The average molecular weight is 515 g/mol. The molecule has 5 rings (SSSR count). The molecular weight excluding hydrogens is 480 g/mol. The van der Waals surface area contributed by atoms with E-state index in [0.29, 0.717) is 31.9 Å². The molecule has 0 saturated carbocycles. The van der Waals surface area contributed by atoms with Crippen molar-refractivity contribution in [1.82, 2.24) is 4.90 Å². The number of amides is 2. The minimum Gasteiger partial charge on any atom is -0.497 e. The smallest absolute Gasteiger partial charge is 0.253 e. The molecule has 1 unspecified atom stereocenters. The van der Waals surface area contributed by atoms with Gasteiger partial charge in [0.05, 0.1) is 25.1 Å². The van der Waals surface area contributed by atoms with Gasteiger partial charge < -0.3 is 29.5 Å². The van der Waals surface area contributed by atoms with E-state index in [4.69, 9.17) is 9.47 Å². The second-order valence-electron chi connectivity index (χ2n) is 9.71. The van der Waals surface area contributed by atoms with E-state index >= 15 is 0 Å². The van der Waals surface area contributed by atoms with E-state index in [2.05, 4.69) is 16.3 Å². The Morgan fingerprint density at radius 1 is 0.974 bits per heavy atom. The highest BCUT2D eigenvalue weighted by Gasteiger charge is 2.33. The van der Waals surface area contributed by atoms with Crippen LogP contribution in [0.1, 0.15) is 29.3 Å². The first-order valence-corrected chi connectivity index (χ1v) is 13.0. The largest absolute Gasteiger partial charge is 0.497 e. The van der Waals surface area contributed by atoms with E-state index < -0.39 is 0 Å². The topological polar surface area (TPSA) is 74.4 Å². The van der Waals surface area contributed by atoms with E-state index in [0.717, 1.165) is 47.0 Å². The number of nitrogens with one attached hydrogen (secondary N) is 1. The van der Waals surface area contributed by atoms with Gasteiger partial charge in [0.15, 0.2) is 0 Å². The molecule has 0 aliphatic carbocycles. The van der Waals surface area contributed by atoms with Crippen LogP contribution in [0.4, 0.5) is 22.7 Å². The summed E-state index contributed by atoms with van der Waals surface area (Å²) in [6, 6.07) is 21.2. The number of hydrogen-bond donors (Lipinski definition) is 1. The molecule has 3 aromatic rings. The highest BCUT2D eigenvalue weighted by Crippen LogP contribution is 2.39. The predicted molar refractivity (Wildman–Crippen MR) is 150 cm³/mol. The molecule has 198 valence electrons. The van der Waals surface area contributed by atoms with E-state index in [1.165, 1.54) is 0 Å². The Hall–Kier alpha value is -4.04. The summed E-state index contributed by atoms with van der Waals surface area (Å²) in [5, 5.41) is 3.46. The number of hydrogen-bond acceptors (Lipinski definition) is 6. The van der Waals surface area contributed by atoms with Crippen molar-refractivity contribution >= 4 is 34.6 Å². The highest BCUT2D eigenvalue weighted by atomic mass is 16.5. The lowest BCUT2D eigenvalue weighted by Crippen LogP contribution is -2.50. The molecule has 1 atom stereocenters. The minimum atomic E-state index is -0.306. The van der Waals surface area contributed by atoms with E-state index in [-0.39, 0.29) is 17.9 Å². The number of methoxy groups -OCH3 is 1. The number of rotatable bonds is 6. The molecule has 2 aliphatic rings. The number of fused-ring (bicyclic) bond motifs is 1. The van der Waals surface area contributed by atoms with Gasteiger partial charge in [-0.15, -0.1) is 0 Å². The molecule has 8 nitrogen and oxygen atoms in total.